The molecule has 0 unspecified atom stereocenters. The fourth-order valence-corrected chi connectivity index (χ4v) is 2.68. The zero-order valence-corrected chi connectivity index (χ0v) is 13.9. The molecule has 0 aliphatic carbocycles. The van der Waals surface area contributed by atoms with E-state index >= 15 is 0 Å². The zero-order chi connectivity index (χ0) is 14.9. The smallest absolute Gasteiger partial charge is 0.259 e. The van der Waals surface area contributed by atoms with Crippen molar-refractivity contribution in [3.8, 4) is 0 Å². The van der Waals surface area contributed by atoms with Crippen LogP contribution < -0.4 is 4.90 Å². The highest BCUT2D eigenvalue weighted by molar-refractivity contribution is 9.10. The summed E-state index contributed by atoms with van der Waals surface area (Å²) in [6, 6.07) is 11.4. The normalized spacial score (nSPS) is 10.4. The summed E-state index contributed by atoms with van der Waals surface area (Å²) in [6.45, 7) is 4.03. The van der Waals surface area contributed by atoms with Crippen LogP contribution in [-0.2, 0) is 0 Å². The van der Waals surface area contributed by atoms with Crippen molar-refractivity contribution in [3.05, 3.63) is 62.6 Å². The number of rotatable bonds is 2. The van der Waals surface area contributed by atoms with Crippen LogP contribution in [0.3, 0.4) is 0 Å². The summed E-state index contributed by atoms with van der Waals surface area (Å²) in [4.78, 5) is 14.2. The van der Waals surface area contributed by atoms with Crippen LogP contribution in [0.1, 0.15) is 21.5 Å². The first kappa shape index (κ1) is 15.1. The monoisotopic (exact) mass is 351 g/mol. The summed E-state index contributed by atoms with van der Waals surface area (Å²) in [5, 5.41) is 0.439. The molecule has 0 saturated carbocycles. The summed E-state index contributed by atoms with van der Waals surface area (Å²) in [6.07, 6.45) is 0. The third-order valence-corrected chi connectivity index (χ3v) is 4.38. The summed E-state index contributed by atoms with van der Waals surface area (Å²) in [5.74, 6) is -0.124. The van der Waals surface area contributed by atoms with Crippen molar-refractivity contribution in [1.29, 1.82) is 0 Å². The van der Waals surface area contributed by atoms with Crippen LogP contribution in [0.15, 0.2) is 40.9 Å². The van der Waals surface area contributed by atoms with Crippen LogP contribution in [0.2, 0.25) is 5.02 Å². The number of nitrogens with zero attached hydrogens (tertiary/aromatic N) is 1. The lowest BCUT2D eigenvalue weighted by molar-refractivity contribution is 0.0993. The highest BCUT2D eigenvalue weighted by Crippen LogP contribution is 2.28. The Morgan fingerprint density at radius 2 is 1.75 bits per heavy atom. The molecule has 0 radical (unpaired) electrons. The second kappa shape index (κ2) is 5.98. The lowest BCUT2D eigenvalue weighted by Crippen LogP contribution is -2.26. The summed E-state index contributed by atoms with van der Waals surface area (Å²) in [5.41, 5.74) is 3.60. The van der Waals surface area contributed by atoms with Crippen molar-refractivity contribution in [1.82, 2.24) is 0 Å². The van der Waals surface area contributed by atoms with Crippen molar-refractivity contribution < 1.29 is 4.79 Å². The van der Waals surface area contributed by atoms with E-state index in [9.17, 15) is 4.79 Å². The molecule has 2 rings (SSSR count). The van der Waals surface area contributed by atoms with Crippen molar-refractivity contribution in [2.24, 2.45) is 0 Å². The maximum Gasteiger partial charge on any atom is 0.259 e. The molecule has 0 heterocycles. The van der Waals surface area contributed by atoms with E-state index < -0.39 is 0 Å². The van der Waals surface area contributed by atoms with Gasteiger partial charge in [-0.2, -0.15) is 0 Å². The molecule has 4 heteroatoms. The Kier molecular flexibility index (Phi) is 4.51. The van der Waals surface area contributed by atoms with Gasteiger partial charge in [0.25, 0.3) is 5.91 Å². The van der Waals surface area contributed by atoms with Gasteiger partial charge in [-0.15, -0.1) is 0 Å². The third kappa shape index (κ3) is 3.05. The number of carbonyl (C=O) groups is 1. The molecule has 0 fully saturated rings. The predicted octanol–water partition coefficient (Wildman–Crippen LogP) is 5.00. The van der Waals surface area contributed by atoms with E-state index in [2.05, 4.69) is 22.0 Å². The molecule has 0 N–H and O–H groups in total. The van der Waals surface area contributed by atoms with Crippen LogP contribution in [0, 0.1) is 13.8 Å². The number of halogens is 2. The van der Waals surface area contributed by atoms with Crippen molar-refractivity contribution in [2.75, 3.05) is 11.9 Å². The van der Waals surface area contributed by atoms with E-state index in [1.165, 1.54) is 0 Å². The molecule has 2 aromatic carbocycles. The van der Waals surface area contributed by atoms with Gasteiger partial charge in [-0.25, -0.2) is 0 Å². The molecule has 0 aliphatic heterocycles. The van der Waals surface area contributed by atoms with E-state index in [0.717, 1.165) is 21.3 Å². The molecular weight excluding hydrogens is 338 g/mol. The molecule has 2 aromatic rings. The lowest BCUT2D eigenvalue weighted by Gasteiger charge is -2.19. The fraction of sp³-hybridized carbons (Fsp3) is 0.188. The minimum atomic E-state index is -0.124. The Morgan fingerprint density at radius 1 is 1.15 bits per heavy atom. The van der Waals surface area contributed by atoms with E-state index in [1.807, 2.05) is 32.0 Å². The maximum absolute atomic E-state index is 12.6. The zero-order valence-electron chi connectivity index (χ0n) is 11.6. The molecule has 104 valence electrons. The number of hydrogen-bond donors (Lipinski definition) is 0. The number of carbonyl (C=O) groups excluding carboxylic acids is 1. The van der Waals surface area contributed by atoms with E-state index in [4.69, 9.17) is 11.6 Å². The molecule has 0 aromatic heterocycles. The Balaban J connectivity index is 2.40. The van der Waals surface area contributed by atoms with Gasteiger partial charge in [0.15, 0.2) is 0 Å². The van der Waals surface area contributed by atoms with Crippen LogP contribution in [0.25, 0.3) is 0 Å². The average molecular weight is 353 g/mol. The summed E-state index contributed by atoms with van der Waals surface area (Å²) in [7, 11) is 1.76. The van der Waals surface area contributed by atoms with Crippen LogP contribution in [-0.4, -0.2) is 13.0 Å². The molecule has 0 bridgehead atoms. The van der Waals surface area contributed by atoms with Crippen LogP contribution in [0.5, 0.6) is 0 Å². The highest BCUT2D eigenvalue weighted by Gasteiger charge is 2.18. The summed E-state index contributed by atoms with van der Waals surface area (Å²) >= 11 is 9.53. The molecule has 20 heavy (non-hydrogen) atoms. The second-order valence-electron chi connectivity index (χ2n) is 4.81. The fourth-order valence-electron chi connectivity index (χ4n) is 2.11. The van der Waals surface area contributed by atoms with E-state index in [1.54, 1.807) is 24.1 Å². The Bertz CT molecular complexity index is 649. The topological polar surface area (TPSA) is 20.3 Å². The van der Waals surface area contributed by atoms with Gasteiger partial charge < -0.3 is 4.90 Å². The first-order valence-corrected chi connectivity index (χ1v) is 7.37. The van der Waals surface area contributed by atoms with E-state index in [-0.39, 0.29) is 5.91 Å². The molecule has 1 amide bonds. The van der Waals surface area contributed by atoms with Gasteiger partial charge >= 0.3 is 0 Å². The molecule has 2 nitrogen and oxygen atoms in total. The quantitative estimate of drug-likeness (QED) is 0.745. The van der Waals surface area contributed by atoms with Gasteiger partial charge in [0, 0.05) is 17.2 Å². The number of aryl methyl sites for hydroxylation is 2. The van der Waals surface area contributed by atoms with E-state index in [0.29, 0.717) is 10.6 Å². The predicted molar refractivity (Wildman–Crippen MR) is 87.8 cm³/mol. The Morgan fingerprint density at radius 3 is 2.35 bits per heavy atom. The number of amides is 1. The molecule has 0 atom stereocenters. The lowest BCUT2D eigenvalue weighted by atomic mass is 10.1. The number of hydrogen-bond acceptors (Lipinski definition) is 1. The Labute approximate surface area is 132 Å². The number of benzene rings is 2. The largest absolute Gasteiger partial charge is 0.311 e. The van der Waals surface area contributed by atoms with Gasteiger partial charge in [0.05, 0.1) is 10.6 Å². The first-order chi connectivity index (χ1) is 9.40. The molecule has 0 spiro atoms. The first-order valence-electron chi connectivity index (χ1n) is 6.20. The van der Waals surface area contributed by atoms with Gasteiger partial charge in [0.1, 0.15) is 0 Å². The van der Waals surface area contributed by atoms with Crippen molar-refractivity contribution in [2.45, 2.75) is 13.8 Å². The second-order valence-corrected chi connectivity index (χ2v) is 6.04. The minimum Gasteiger partial charge on any atom is -0.311 e. The molecule has 0 aliphatic rings. The van der Waals surface area contributed by atoms with Crippen LogP contribution in [0.4, 0.5) is 5.69 Å². The maximum atomic E-state index is 12.6. The van der Waals surface area contributed by atoms with Gasteiger partial charge in [-0.1, -0.05) is 23.7 Å². The van der Waals surface area contributed by atoms with Crippen LogP contribution >= 0.6 is 27.5 Å². The Hall–Kier alpha value is -1.32. The third-order valence-electron chi connectivity index (χ3n) is 3.08. The van der Waals surface area contributed by atoms with Crippen molar-refractivity contribution in [3.63, 3.8) is 0 Å². The molecule has 0 saturated heterocycles. The van der Waals surface area contributed by atoms with Gasteiger partial charge in [-0.3, -0.25) is 4.79 Å². The standard InChI is InChI=1S/C16H15BrClNO/c1-10-7-11(2)9-12(8-10)19(3)16(20)13-5-4-6-14(17)15(13)18/h4-9H,1-3H3. The van der Waals surface area contributed by atoms with Crippen molar-refractivity contribution >= 4 is 39.1 Å². The number of anilines is 1. The van der Waals surface area contributed by atoms with Gasteiger partial charge in [0.2, 0.25) is 0 Å². The SMILES string of the molecule is Cc1cc(C)cc(N(C)C(=O)c2cccc(Br)c2Cl)c1. The average Bonchev–Trinajstić information content (AvgIpc) is 2.39. The minimum absolute atomic E-state index is 0.124. The summed E-state index contributed by atoms with van der Waals surface area (Å²) < 4.78 is 0.721. The van der Waals surface area contributed by atoms with Gasteiger partial charge in [-0.05, 0) is 65.2 Å². The molecular formula is C16H15BrClNO. The highest BCUT2D eigenvalue weighted by atomic mass is 79.9.